The molecule has 0 saturated heterocycles. The number of carbonyl (C=O) groups excluding carboxylic acids is 1. The molecule has 2 aromatic carbocycles. The molecule has 4 rings (SSSR count). The molecule has 0 aromatic heterocycles. The maximum Gasteiger partial charge on any atom is 0.343 e. The Hall–Kier alpha value is -2.09. The minimum Gasteiger partial charge on any atom is -0.423 e. The number of benzene rings is 2. The highest BCUT2D eigenvalue weighted by atomic mass is 16.5. The van der Waals surface area contributed by atoms with E-state index in [0.29, 0.717) is 22.8 Å². The zero-order valence-corrected chi connectivity index (χ0v) is 18.5. The lowest BCUT2D eigenvalue weighted by Crippen LogP contribution is -2.48. The summed E-state index contributed by atoms with van der Waals surface area (Å²) < 4.78 is 5.93. The highest BCUT2D eigenvalue weighted by Crippen LogP contribution is 2.58. The Morgan fingerprint density at radius 1 is 1.03 bits per heavy atom. The van der Waals surface area contributed by atoms with Crippen LogP contribution in [-0.2, 0) is 11.8 Å². The van der Waals surface area contributed by atoms with Crippen LogP contribution in [0.15, 0.2) is 42.5 Å². The van der Waals surface area contributed by atoms with Crippen LogP contribution < -0.4 is 4.74 Å². The molecule has 1 saturated carbocycles. The van der Waals surface area contributed by atoms with Crippen molar-refractivity contribution in [2.75, 3.05) is 0 Å². The summed E-state index contributed by atoms with van der Waals surface area (Å²) >= 11 is 0. The summed E-state index contributed by atoms with van der Waals surface area (Å²) in [4.78, 5) is 12.7. The largest absolute Gasteiger partial charge is 0.423 e. The van der Waals surface area contributed by atoms with E-state index in [0.717, 1.165) is 12.2 Å². The maximum absolute atomic E-state index is 12.7. The van der Waals surface area contributed by atoms with Gasteiger partial charge < -0.3 is 4.74 Å². The molecule has 2 aromatic rings. The van der Waals surface area contributed by atoms with Gasteiger partial charge in [0.2, 0.25) is 0 Å². The number of rotatable bonds is 3. The van der Waals surface area contributed by atoms with Crippen LogP contribution in [0.4, 0.5) is 0 Å². The molecular weight excluding hydrogens is 356 g/mol. The van der Waals surface area contributed by atoms with Gasteiger partial charge in [0.15, 0.2) is 0 Å². The van der Waals surface area contributed by atoms with E-state index >= 15 is 0 Å². The highest BCUT2D eigenvalue weighted by Gasteiger charge is 2.50. The Labute approximate surface area is 175 Å². The topological polar surface area (TPSA) is 26.3 Å². The third-order valence-electron chi connectivity index (χ3n) is 7.63. The van der Waals surface area contributed by atoms with E-state index in [2.05, 4.69) is 46.8 Å². The van der Waals surface area contributed by atoms with Gasteiger partial charge in [-0.2, -0.15) is 0 Å². The van der Waals surface area contributed by atoms with Crippen molar-refractivity contribution in [2.24, 2.45) is 11.3 Å². The van der Waals surface area contributed by atoms with E-state index in [4.69, 9.17) is 4.74 Å². The zero-order chi connectivity index (χ0) is 20.8. The number of carbonyl (C=O) groups is 1. The van der Waals surface area contributed by atoms with Gasteiger partial charge in [0, 0.05) is 5.56 Å². The van der Waals surface area contributed by atoms with Gasteiger partial charge in [0.1, 0.15) is 5.75 Å². The Morgan fingerprint density at radius 3 is 2.45 bits per heavy atom. The fourth-order valence-electron chi connectivity index (χ4n) is 6.35. The van der Waals surface area contributed by atoms with Crippen LogP contribution in [0.1, 0.15) is 93.3 Å². The zero-order valence-electron chi connectivity index (χ0n) is 18.5. The van der Waals surface area contributed by atoms with Gasteiger partial charge in [-0.1, -0.05) is 65.3 Å². The first kappa shape index (κ1) is 20.2. The smallest absolute Gasteiger partial charge is 0.343 e. The monoisotopic (exact) mass is 390 g/mol. The molecule has 1 fully saturated rings. The van der Waals surface area contributed by atoms with Crippen LogP contribution in [0.2, 0.25) is 0 Å². The highest BCUT2D eigenvalue weighted by molar-refractivity contribution is 5.91. The molecule has 0 spiro atoms. The lowest BCUT2D eigenvalue weighted by atomic mass is 9.50. The van der Waals surface area contributed by atoms with Gasteiger partial charge in [-0.05, 0) is 77.7 Å². The van der Waals surface area contributed by atoms with Crippen molar-refractivity contribution in [3.05, 3.63) is 64.7 Å². The summed E-state index contributed by atoms with van der Waals surface area (Å²) in [5.41, 5.74) is 5.39. The van der Waals surface area contributed by atoms with Crippen LogP contribution >= 0.6 is 0 Å². The summed E-state index contributed by atoms with van der Waals surface area (Å²) in [5.74, 6) is 1.50. The molecule has 2 aliphatic rings. The van der Waals surface area contributed by atoms with Crippen LogP contribution in [0.25, 0.3) is 0 Å². The SMILES string of the molecule is CC(C)c1c(OC(=O)c2ccccc2)ccc2c1CCC1C(C)(C)CCCC21C. The fourth-order valence-corrected chi connectivity index (χ4v) is 6.35. The van der Waals surface area contributed by atoms with E-state index in [1.54, 1.807) is 0 Å². The summed E-state index contributed by atoms with van der Waals surface area (Å²) in [6.45, 7) is 11.8. The molecule has 0 N–H and O–H groups in total. The first-order chi connectivity index (χ1) is 13.7. The quantitative estimate of drug-likeness (QED) is 0.414. The van der Waals surface area contributed by atoms with Crippen molar-refractivity contribution in [3.8, 4) is 5.75 Å². The van der Waals surface area contributed by atoms with Gasteiger partial charge in [-0.15, -0.1) is 0 Å². The van der Waals surface area contributed by atoms with Gasteiger partial charge in [-0.25, -0.2) is 4.79 Å². The molecule has 2 atom stereocenters. The molecular formula is C27H34O2. The molecule has 0 heterocycles. The first-order valence-electron chi connectivity index (χ1n) is 11.2. The minimum atomic E-state index is -0.272. The average Bonchev–Trinajstić information content (AvgIpc) is 2.67. The minimum absolute atomic E-state index is 0.223. The summed E-state index contributed by atoms with van der Waals surface area (Å²) in [6.07, 6.45) is 6.19. The molecule has 0 radical (unpaired) electrons. The van der Waals surface area contributed by atoms with Crippen molar-refractivity contribution in [3.63, 3.8) is 0 Å². The number of fused-ring (bicyclic) bond motifs is 3. The first-order valence-corrected chi connectivity index (χ1v) is 11.2. The van der Waals surface area contributed by atoms with Gasteiger partial charge >= 0.3 is 5.97 Å². The van der Waals surface area contributed by atoms with E-state index < -0.39 is 0 Å². The normalized spacial score (nSPS) is 25.2. The lowest BCUT2D eigenvalue weighted by Gasteiger charge is -2.54. The molecule has 2 unspecified atom stereocenters. The second-order valence-corrected chi connectivity index (χ2v) is 10.3. The molecule has 29 heavy (non-hydrogen) atoms. The van der Waals surface area contributed by atoms with Gasteiger partial charge in [0.05, 0.1) is 5.56 Å². The van der Waals surface area contributed by atoms with Crippen molar-refractivity contribution in [1.29, 1.82) is 0 Å². The van der Waals surface area contributed by atoms with Crippen LogP contribution in [0, 0.1) is 11.3 Å². The fraction of sp³-hybridized carbons (Fsp3) is 0.519. The molecule has 0 bridgehead atoms. The van der Waals surface area contributed by atoms with Crippen molar-refractivity contribution >= 4 is 5.97 Å². The van der Waals surface area contributed by atoms with E-state index in [9.17, 15) is 4.79 Å². The van der Waals surface area contributed by atoms with E-state index in [1.807, 2.05) is 30.3 Å². The van der Waals surface area contributed by atoms with Gasteiger partial charge in [-0.3, -0.25) is 0 Å². The van der Waals surface area contributed by atoms with Crippen LogP contribution in [0.5, 0.6) is 5.75 Å². The van der Waals surface area contributed by atoms with E-state index in [1.165, 1.54) is 42.4 Å². The second kappa shape index (κ2) is 7.31. The van der Waals surface area contributed by atoms with E-state index in [-0.39, 0.29) is 11.4 Å². The average molecular weight is 391 g/mol. The second-order valence-electron chi connectivity index (χ2n) is 10.3. The molecule has 0 amide bonds. The van der Waals surface area contributed by atoms with Crippen molar-refractivity contribution < 1.29 is 9.53 Å². The predicted molar refractivity (Wildman–Crippen MR) is 119 cm³/mol. The summed E-state index contributed by atoms with van der Waals surface area (Å²) in [5, 5.41) is 0. The maximum atomic E-state index is 12.7. The third kappa shape index (κ3) is 3.41. The Morgan fingerprint density at radius 2 is 1.76 bits per heavy atom. The van der Waals surface area contributed by atoms with Crippen LogP contribution in [0.3, 0.4) is 0 Å². The van der Waals surface area contributed by atoms with Crippen LogP contribution in [-0.4, -0.2) is 5.97 Å². The lowest BCUT2D eigenvalue weighted by molar-refractivity contribution is 0.0404. The summed E-state index contributed by atoms with van der Waals surface area (Å²) in [7, 11) is 0. The molecule has 154 valence electrons. The number of hydrogen-bond donors (Lipinski definition) is 0. The molecule has 2 heteroatoms. The van der Waals surface area contributed by atoms with Crippen molar-refractivity contribution in [2.45, 2.75) is 78.1 Å². The Bertz CT molecular complexity index is 910. The standard InChI is InChI=1S/C27H34O2/c1-18(2)24-20-12-15-23-26(3,4)16-9-17-27(23,5)21(20)13-14-22(24)29-25(28)19-10-7-6-8-11-19/h6-8,10-11,13-14,18,23H,9,12,15-17H2,1-5H3. The molecule has 0 aliphatic heterocycles. The Balaban J connectivity index is 1.76. The Kier molecular flexibility index (Phi) is 5.09. The molecule has 2 nitrogen and oxygen atoms in total. The predicted octanol–water partition coefficient (Wildman–Crippen LogP) is 7.06. The summed E-state index contributed by atoms with van der Waals surface area (Å²) in [6, 6.07) is 13.6. The number of ether oxygens (including phenoxy) is 1. The number of hydrogen-bond acceptors (Lipinski definition) is 2. The number of esters is 1. The molecule has 2 aliphatic carbocycles. The van der Waals surface area contributed by atoms with Crippen molar-refractivity contribution in [1.82, 2.24) is 0 Å². The third-order valence-corrected chi connectivity index (χ3v) is 7.63. The van der Waals surface area contributed by atoms with Gasteiger partial charge in [0.25, 0.3) is 0 Å².